The number of nitrogens with one attached hydrogen (secondary N) is 1. The molecular formula is C23H22N2O5. The third-order valence-corrected chi connectivity index (χ3v) is 4.98. The maximum atomic E-state index is 13.1. The van der Waals surface area contributed by atoms with Crippen molar-refractivity contribution in [3.63, 3.8) is 0 Å². The van der Waals surface area contributed by atoms with Gasteiger partial charge in [0.15, 0.2) is 0 Å². The summed E-state index contributed by atoms with van der Waals surface area (Å²) in [5.74, 6) is -0.395. The van der Waals surface area contributed by atoms with Crippen molar-refractivity contribution in [2.24, 2.45) is 5.73 Å². The van der Waals surface area contributed by atoms with Gasteiger partial charge in [-0.25, -0.2) is 4.79 Å². The van der Waals surface area contributed by atoms with E-state index in [1.54, 1.807) is 25.1 Å². The first-order valence-corrected chi connectivity index (χ1v) is 9.77. The minimum Gasteiger partial charge on any atom is -0.494 e. The zero-order valence-electron chi connectivity index (χ0n) is 16.7. The summed E-state index contributed by atoms with van der Waals surface area (Å²) in [6.45, 7) is 4.31. The monoisotopic (exact) mass is 406 g/mol. The molecule has 0 aliphatic carbocycles. The number of aromatic amines is 1. The van der Waals surface area contributed by atoms with Crippen molar-refractivity contribution in [1.29, 1.82) is 0 Å². The van der Waals surface area contributed by atoms with Crippen LogP contribution in [0.1, 0.15) is 30.9 Å². The van der Waals surface area contributed by atoms with Crippen LogP contribution in [0.15, 0.2) is 64.8 Å². The summed E-state index contributed by atoms with van der Waals surface area (Å²) >= 11 is 0. The van der Waals surface area contributed by atoms with Crippen molar-refractivity contribution in [2.45, 2.75) is 19.8 Å². The number of ether oxygens (including phenoxy) is 3. The van der Waals surface area contributed by atoms with Gasteiger partial charge in [-0.15, -0.1) is 0 Å². The largest absolute Gasteiger partial charge is 0.494 e. The van der Waals surface area contributed by atoms with E-state index in [0.717, 1.165) is 0 Å². The summed E-state index contributed by atoms with van der Waals surface area (Å²) in [6, 6.07) is 14.5. The van der Waals surface area contributed by atoms with Gasteiger partial charge in [0.2, 0.25) is 5.88 Å². The molecule has 2 aromatic carbocycles. The summed E-state index contributed by atoms with van der Waals surface area (Å²) in [4.78, 5) is 28.7. The van der Waals surface area contributed by atoms with Crippen molar-refractivity contribution in [1.82, 2.24) is 4.98 Å². The lowest BCUT2D eigenvalue weighted by Crippen LogP contribution is -2.32. The van der Waals surface area contributed by atoms with Crippen molar-refractivity contribution < 1.29 is 19.0 Å². The standard InChI is InChI=1S/C23H22N2O5/c1-3-28-14-11-9-13(10-12-14)17-18-20(30-21(24)19(17)23(27)29-4-2)15-7-5-6-8-16(15)25-22(18)26/h5-12,17H,3-4,24H2,1-2H3,(H,25,26). The molecule has 7 nitrogen and oxygen atoms in total. The molecule has 3 N–H and O–H groups in total. The molecule has 3 aromatic rings. The SMILES string of the molecule is CCOC(=O)C1=C(N)Oc2c(c(=O)[nH]c3ccccc23)C1c1ccc(OCC)cc1. The van der Waals surface area contributed by atoms with E-state index in [1.807, 2.05) is 37.3 Å². The van der Waals surface area contributed by atoms with Gasteiger partial charge in [0, 0.05) is 5.39 Å². The predicted molar refractivity (Wildman–Crippen MR) is 112 cm³/mol. The number of esters is 1. The van der Waals surface area contributed by atoms with Gasteiger partial charge in [-0.05, 0) is 43.7 Å². The molecule has 4 rings (SSSR count). The summed E-state index contributed by atoms with van der Waals surface area (Å²) in [7, 11) is 0. The van der Waals surface area contributed by atoms with Crippen molar-refractivity contribution in [3.8, 4) is 11.5 Å². The number of pyridine rings is 1. The van der Waals surface area contributed by atoms with Crippen molar-refractivity contribution in [3.05, 3.63) is 81.5 Å². The van der Waals surface area contributed by atoms with Gasteiger partial charge in [0.25, 0.3) is 5.56 Å². The molecule has 0 bridgehead atoms. The highest BCUT2D eigenvalue weighted by molar-refractivity contribution is 5.95. The van der Waals surface area contributed by atoms with Crippen LogP contribution in [0.25, 0.3) is 10.9 Å². The molecule has 0 radical (unpaired) electrons. The zero-order chi connectivity index (χ0) is 21.3. The average molecular weight is 406 g/mol. The quantitative estimate of drug-likeness (QED) is 0.631. The van der Waals surface area contributed by atoms with Gasteiger partial charge < -0.3 is 24.9 Å². The van der Waals surface area contributed by atoms with E-state index >= 15 is 0 Å². The third kappa shape index (κ3) is 3.28. The number of nitrogens with two attached hydrogens (primary N) is 1. The van der Waals surface area contributed by atoms with Gasteiger partial charge in [0.1, 0.15) is 17.1 Å². The Bertz CT molecular complexity index is 1190. The number of para-hydroxylation sites is 1. The summed E-state index contributed by atoms with van der Waals surface area (Å²) in [6.07, 6.45) is 0. The molecule has 1 unspecified atom stereocenters. The van der Waals surface area contributed by atoms with E-state index in [9.17, 15) is 9.59 Å². The molecule has 154 valence electrons. The minimum atomic E-state index is -0.739. The molecule has 1 aliphatic heterocycles. The number of carbonyl (C=O) groups is 1. The van der Waals surface area contributed by atoms with E-state index in [-0.39, 0.29) is 23.6 Å². The highest BCUT2D eigenvalue weighted by Crippen LogP contribution is 2.43. The third-order valence-electron chi connectivity index (χ3n) is 4.98. The molecule has 0 fully saturated rings. The van der Waals surface area contributed by atoms with Crippen LogP contribution >= 0.6 is 0 Å². The Morgan fingerprint density at radius 2 is 1.83 bits per heavy atom. The Hall–Kier alpha value is -3.74. The highest BCUT2D eigenvalue weighted by atomic mass is 16.5. The van der Waals surface area contributed by atoms with E-state index in [2.05, 4.69) is 4.98 Å². The van der Waals surface area contributed by atoms with Crippen LogP contribution in [0.3, 0.4) is 0 Å². The number of rotatable bonds is 5. The maximum Gasteiger partial charge on any atom is 0.340 e. The molecular weight excluding hydrogens is 384 g/mol. The summed E-state index contributed by atoms with van der Waals surface area (Å²) in [5, 5.41) is 0.703. The van der Waals surface area contributed by atoms with Gasteiger partial charge >= 0.3 is 5.97 Å². The molecule has 0 saturated heterocycles. The second-order valence-corrected chi connectivity index (χ2v) is 6.78. The predicted octanol–water partition coefficient (Wildman–Crippen LogP) is 3.18. The van der Waals surface area contributed by atoms with Crippen molar-refractivity contribution in [2.75, 3.05) is 13.2 Å². The molecule has 30 heavy (non-hydrogen) atoms. The van der Waals surface area contributed by atoms with Crippen LogP contribution in [-0.4, -0.2) is 24.2 Å². The molecule has 7 heteroatoms. The first kappa shape index (κ1) is 19.6. The normalized spacial score (nSPS) is 15.5. The van der Waals surface area contributed by atoms with Crippen LogP contribution in [0.2, 0.25) is 0 Å². The molecule has 1 atom stereocenters. The van der Waals surface area contributed by atoms with Crippen LogP contribution in [0.4, 0.5) is 0 Å². The van der Waals surface area contributed by atoms with E-state index in [0.29, 0.717) is 40.1 Å². The first-order chi connectivity index (χ1) is 14.5. The van der Waals surface area contributed by atoms with Gasteiger partial charge in [0.05, 0.1) is 30.2 Å². The van der Waals surface area contributed by atoms with Crippen molar-refractivity contribution >= 4 is 16.9 Å². The number of hydrogen-bond donors (Lipinski definition) is 2. The molecule has 1 aromatic heterocycles. The minimum absolute atomic E-state index is 0.0735. The molecule has 2 heterocycles. The molecule has 0 amide bonds. The Morgan fingerprint density at radius 1 is 1.10 bits per heavy atom. The Morgan fingerprint density at radius 3 is 2.53 bits per heavy atom. The second-order valence-electron chi connectivity index (χ2n) is 6.78. The molecule has 0 saturated carbocycles. The lowest BCUT2D eigenvalue weighted by Gasteiger charge is -2.28. The fourth-order valence-corrected chi connectivity index (χ4v) is 3.74. The number of fused-ring (bicyclic) bond motifs is 3. The lowest BCUT2D eigenvalue weighted by atomic mass is 9.83. The number of benzene rings is 2. The number of hydrogen-bond acceptors (Lipinski definition) is 6. The molecule has 0 spiro atoms. The van der Waals surface area contributed by atoms with E-state index in [1.165, 1.54) is 0 Å². The Labute approximate surface area is 173 Å². The highest BCUT2D eigenvalue weighted by Gasteiger charge is 2.38. The number of carbonyl (C=O) groups excluding carboxylic acids is 1. The van der Waals surface area contributed by atoms with Crippen LogP contribution < -0.4 is 20.8 Å². The lowest BCUT2D eigenvalue weighted by molar-refractivity contribution is -0.139. The first-order valence-electron chi connectivity index (χ1n) is 9.77. The second kappa shape index (κ2) is 7.94. The Kier molecular flexibility index (Phi) is 5.18. The van der Waals surface area contributed by atoms with E-state index < -0.39 is 11.9 Å². The zero-order valence-corrected chi connectivity index (χ0v) is 16.7. The fraction of sp³-hybridized carbons (Fsp3) is 0.217. The molecule has 1 aliphatic rings. The summed E-state index contributed by atoms with van der Waals surface area (Å²) < 4.78 is 16.6. The fourth-order valence-electron chi connectivity index (χ4n) is 3.74. The van der Waals surface area contributed by atoms with Crippen LogP contribution in [-0.2, 0) is 9.53 Å². The van der Waals surface area contributed by atoms with Crippen LogP contribution in [0.5, 0.6) is 11.5 Å². The summed E-state index contributed by atoms with van der Waals surface area (Å²) in [5.41, 5.74) is 7.59. The smallest absolute Gasteiger partial charge is 0.340 e. The Balaban J connectivity index is 1.97. The van der Waals surface area contributed by atoms with Gasteiger partial charge in [-0.3, -0.25) is 4.79 Å². The van der Waals surface area contributed by atoms with Gasteiger partial charge in [-0.1, -0.05) is 24.3 Å². The number of H-pyrrole nitrogens is 1. The maximum absolute atomic E-state index is 13.1. The number of aromatic nitrogens is 1. The van der Waals surface area contributed by atoms with Crippen LogP contribution in [0, 0.1) is 0 Å². The van der Waals surface area contributed by atoms with Gasteiger partial charge in [-0.2, -0.15) is 0 Å². The topological polar surface area (TPSA) is 104 Å². The average Bonchev–Trinajstić information content (AvgIpc) is 2.74. The van der Waals surface area contributed by atoms with E-state index in [4.69, 9.17) is 19.9 Å².